The van der Waals surface area contributed by atoms with E-state index in [2.05, 4.69) is 5.32 Å². The molecule has 0 radical (unpaired) electrons. The average molecular weight is 255 g/mol. The number of hydrogen-bond acceptors (Lipinski definition) is 3. The van der Waals surface area contributed by atoms with E-state index >= 15 is 0 Å². The largest absolute Gasteiger partial charge is 0.372 e. The van der Waals surface area contributed by atoms with Gasteiger partial charge in [0.1, 0.15) is 0 Å². The summed E-state index contributed by atoms with van der Waals surface area (Å²) in [6.45, 7) is 1.19. The van der Waals surface area contributed by atoms with Gasteiger partial charge in [0.2, 0.25) is 5.91 Å². The highest BCUT2D eigenvalue weighted by Gasteiger charge is 2.28. The Kier molecular flexibility index (Phi) is 3.99. The van der Waals surface area contributed by atoms with Crippen molar-refractivity contribution in [1.82, 2.24) is 5.32 Å². The third-order valence-electron chi connectivity index (χ3n) is 2.83. The minimum Gasteiger partial charge on any atom is -0.372 e. The maximum atomic E-state index is 10.9. The summed E-state index contributed by atoms with van der Waals surface area (Å²) in [7, 11) is 0. The zero-order valence-electron chi connectivity index (χ0n) is 9.36. The second-order valence-corrected chi connectivity index (χ2v) is 4.59. The van der Waals surface area contributed by atoms with Crippen molar-refractivity contribution in [3.8, 4) is 0 Å². The topological polar surface area (TPSA) is 64.4 Å². The van der Waals surface area contributed by atoms with Crippen molar-refractivity contribution in [2.45, 2.75) is 25.2 Å². The zero-order valence-corrected chi connectivity index (χ0v) is 10.1. The first kappa shape index (κ1) is 12.4. The molecule has 0 bridgehead atoms. The molecule has 1 fully saturated rings. The van der Waals surface area contributed by atoms with Crippen LogP contribution in [0.5, 0.6) is 0 Å². The van der Waals surface area contributed by atoms with Crippen LogP contribution in [0.4, 0.5) is 0 Å². The molecule has 2 rings (SSSR count). The highest BCUT2D eigenvalue weighted by molar-refractivity contribution is 6.30. The number of rotatable bonds is 4. The second kappa shape index (κ2) is 5.49. The highest BCUT2D eigenvalue weighted by atomic mass is 35.5. The quantitative estimate of drug-likeness (QED) is 0.845. The van der Waals surface area contributed by atoms with E-state index in [1.807, 2.05) is 24.3 Å². The molecule has 1 amide bonds. The molecule has 1 aromatic rings. The number of halogens is 1. The van der Waals surface area contributed by atoms with Crippen LogP contribution in [0, 0.1) is 0 Å². The van der Waals surface area contributed by atoms with Gasteiger partial charge in [-0.3, -0.25) is 4.79 Å². The SMILES string of the molecule is NC(=O)[C@@H]1C[C@@H](OCc2ccc(Cl)cc2)CN1. The molecule has 1 aliphatic rings. The van der Waals surface area contributed by atoms with E-state index in [0.29, 0.717) is 24.6 Å². The van der Waals surface area contributed by atoms with E-state index < -0.39 is 0 Å². The fourth-order valence-corrected chi connectivity index (χ4v) is 1.97. The monoisotopic (exact) mass is 254 g/mol. The number of carbonyl (C=O) groups is 1. The Labute approximate surface area is 105 Å². The number of carbonyl (C=O) groups excluding carboxylic acids is 1. The molecule has 0 spiro atoms. The van der Waals surface area contributed by atoms with E-state index in [-0.39, 0.29) is 18.1 Å². The summed E-state index contributed by atoms with van der Waals surface area (Å²) in [5, 5.41) is 3.74. The molecule has 5 heteroatoms. The Morgan fingerprint density at radius 2 is 2.18 bits per heavy atom. The first-order valence-electron chi connectivity index (χ1n) is 5.54. The summed E-state index contributed by atoms with van der Waals surface area (Å²) in [6.07, 6.45) is 0.686. The summed E-state index contributed by atoms with van der Waals surface area (Å²) in [4.78, 5) is 10.9. The van der Waals surface area contributed by atoms with Gasteiger partial charge in [-0.25, -0.2) is 0 Å². The predicted octanol–water partition coefficient (Wildman–Crippen LogP) is 1.07. The Morgan fingerprint density at radius 1 is 1.47 bits per heavy atom. The number of nitrogens with one attached hydrogen (secondary N) is 1. The number of primary amides is 1. The molecule has 1 aliphatic heterocycles. The van der Waals surface area contributed by atoms with Gasteiger partial charge in [-0.05, 0) is 24.1 Å². The van der Waals surface area contributed by atoms with Gasteiger partial charge in [-0.15, -0.1) is 0 Å². The Morgan fingerprint density at radius 3 is 2.76 bits per heavy atom. The first-order valence-corrected chi connectivity index (χ1v) is 5.91. The van der Waals surface area contributed by atoms with Crippen molar-refractivity contribution in [2.24, 2.45) is 5.73 Å². The fraction of sp³-hybridized carbons (Fsp3) is 0.417. The minimum atomic E-state index is -0.317. The molecule has 0 unspecified atom stereocenters. The summed E-state index contributed by atoms with van der Waals surface area (Å²) >= 11 is 5.79. The fourth-order valence-electron chi connectivity index (χ4n) is 1.84. The van der Waals surface area contributed by atoms with Crippen molar-refractivity contribution in [3.05, 3.63) is 34.9 Å². The van der Waals surface area contributed by atoms with Gasteiger partial charge in [-0.1, -0.05) is 23.7 Å². The van der Waals surface area contributed by atoms with Crippen LogP contribution in [-0.4, -0.2) is 24.6 Å². The van der Waals surface area contributed by atoms with E-state index in [1.165, 1.54) is 0 Å². The molecule has 92 valence electrons. The number of nitrogens with two attached hydrogens (primary N) is 1. The Balaban J connectivity index is 1.80. The van der Waals surface area contributed by atoms with Crippen LogP contribution in [0.2, 0.25) is 5.02 Å². The third-order valence-corrected chi connectivity index (χ3v) is 3.08. The standard InChI is InChI=1S/C12H15ClN2O2/c13-9-3-1-8(2-4-9)7-17-10-5-11(12(14)16)15-6-10/h1-4,10-11,15H,5-7H2,(H2,14,16)/t10-,11+/m1/s1. The molecule has 4 nitrogen and oxygen atoms in total. The maximum Gasteiger partial charge on any atom is 0.234 e. The van der Waals surface area contributed by atoms with E-state index in [4.69, 9.17) is 22.1 Å². The Bertz CT molecular complexity index is 394. The molecule has 1 saturated heterocycles. The van der Waals surface area contributed by atoms with Crippen molar-refractivity contribution in [1.29, 1.82) is 0 Å². The van der Waals surface area contributed by atoms with Crippen molar-refractivity contribution < 1.29 is 9.53 Å². The van der Waals surface area contributed by atoms with E-state index in [9.17, 15) is 4.79 Å². The van der Waals surface area contributed by atoms with Crippen LogP contribution in [0.1, 0.15) is 12.0 Å². The lowest BCUT2D eigenvalue weighted by Crippen LogP contribution is -2.36. The summed E-state index contributed by atoms with van der Waals surface area (Å²) in [5.41, 5.74) is 6.28. The number of benzene rings is 1. The van der Waals surface area contributed by atoms with Crippen LogP contribution in [0.3, 0.4) is 0 Å². The van der Waals surface area contributed by atoms with Gasteiger partial charge >= 0.3 is 0 Å². The lowest BCUT2D eigenvalue weighted by molar-refractivity contribution is -0.119. The van der Waals surface area contributed by atoms with Crippen LogP contribution in [-0.2, 0) is 16.1 Å². The molecule has 17 heavy (non-hydrogen) atoms. The number of ether oxygens (including phenoxy) is 1. The molecular weight excluding hydrogens is 240 g/mol. The van der Waals surface area contributed by atoms with Gasteiger partial charge < -0.3 is 15.8 Å². The Hall–Kier alpha value is -1.10. The number of hydrogen-bond donors (Lipinski definition) is 2. The van der Waals surface area contributed by atoms with Crippen LogP contribution in [0.15, 0.2) is 24.3 Å². The molecule has 0 aromatic heterocycles. The zero-order chi connectivity index (χ0) is 12.3. The maximum absolute atomic E-state index is 10.9. The minimum absolute atomic E-state index is 0.0446. The van der Waals surface area contributed by atoms with Gasteiger partial charge in [0.25, 0.3) is 0 Å². The average Bonchev–Trinajstić information content (AvgIpc) is 2.77. The van der Waals surface area contributed by atoms with Gasteiger partial charge in [0, 0.05) is 11.6 Å². The predicted molar refractivity (Wildman–Crippen MR) is 65.6 cm³/mol. The second-order valence-electron chi connectivity index (χ2n) is 4.16. The summed E-state index contributed by atoms with van der Waals surface area (Å²) < 4.78 is 5.70. The lowest BCUT2D eigenvalue weighted by atomic mass is 10.2. The van der Waals surface area contributed by atoms with Gasteiger partial charge in [0.15, 0.2) is 0 Å². The lowest BCUT2D eigenvalue weighted by Gasteiger charge is -2.10. The van der Waals surface area contributed by atoms with Crippen molar-refractivity contribution >= 4 is 17.5 Å². The molecule has 2 atom stereocenters. The first-order chi connectivity index (χ1) is 8.15. The third kappa shape index (κ3) is 3.43. The van der Waals surface area contributed by atoms with Crippen molar-refractivity contribution in [3.63, 3.8) is 0 Å². The van der Waals surface area contributed by atoms with E-state index in [0.717, 1.165) is 5.56 Å². The summed E-state index contributed by atoms with van der Waals surface area (Å²) in [5.74, 6) is -0.317. The number of amides is 1. The normalized spacial score (nSPS) is 23.8. The smallest absolute Gasteiger partial charge is 0.234 e. The van der Waals surface area contributed by atoms with E-state index in [1.54, 1.807) is 0 Å². The van der Waals surface area contributed by atoms with Crippen molar-refractivity contribution in [2.75, 3.05) is 6.54 Å². The molecule has 1 aromatic carbocycles. The molecule has 0 saturated carbocycles. The molecular formula is C12H15ClN2O2. The van der Waals surface area contributed by atoms with Gasteiger partial charge in [-0.2, -0.15) is 0 Å². The molecule has 1 heterocycles. The highest BCUT2D eigenvalue weighted by Crippen LogP contribution is 2.14. The summed E-state index contributed by atoms with van der Waals surface area (Å²) in [6, 6.07) is 7.26. The van der Waals surface area contributed by atoms with Crippen LogP contribution < -0.4 is 11.1 Å². The van der Waals surface area contributed by atoms with Gasteiger partial charge in [0.05, 0.1) is 18.8 Å². The van der Waals surface area contributed by atoms with Crippen LogP contribution in [0.25, 0.3) is 0 Å². The molecule has 3 N–H and O–H groups in total. The van der Waals surface area contributed by atoms with Crippen LogP contribution >= 0.6 is 11.6 Å². The molecule has 0 aliphatic carbocycles.